The van der Waals surface area contributed by atoms with Gasteiger partial charge in [-0.15, -0.1) is 0 Å². The highest BCUT2D eigenvalue weighted by Crippen LogP contribution is 2.43. The van der Waals surface area contributed by atoms with Crippen LogP contribution in [-0.4, -0.2) is 36.6 Å². The third-order valence-electron chi connectivity index (χ3n) is 5.79. The first-order valence-electron chi connectivity index (χ1n) is 8.94. The van der Waals surface area contributed by atoms with Crippen LogP contribution in [0.2, 0.25) is 5.02 Å². The predicted octanol–water partition coefficient (Wildman–Crippen LogP) is 4.35. The van der Waals surface area contributed by atoms with Crippen molar-refractivity contribution in [1.29, 1.82) is 0 Å². The number of rotatable bonds is 3. The quantitative estimate of drug-likeness (QED) is 0.886. The van der Waals surface area contributed by atoms with E-state index in [-0.39, 0.29) is 0 Å². The molecule has 3 aliphatic heterocycles. The van der Waals surface area contributed by atoms with Gasteiger partial charge in [-0.05, 0) is 54.4 Å². The highest BCUT2D eigenvalue weighted by atomic mass is 35.5. The van der Waals surface area contributed by atoms with Crippen molar-refractivity contribution in [2.24, 2.45) is 5.41 Å². The molecule has 4 aliphatic rings. The van der Waals surface area contributed by atoms with Gasteiger partial charge in [0.05, 0.1) is 0 Å². The SMILES string of the molecule is CC1(C)CCC(CN2CC3CC(C2)N3)=C(c2ccc(Cl)cc2)C1. The van der Waals surface area contributed by atoms with Crippen molar-refractivity contribution in [3.63, 3.8) is 0 Å². The van der Waals surface area contributed by atoms with Gasteiger partial charge in [-0.3, -0.25) is 4.90 Å². The molecule has 1 aliphatic carbocycles. The summed E-state index contributed by atoms with van der Waals surface area (Å²) in [6.07, 6.45) is 5.11. The maximum Gasteiger partial charge on any atom is 0.0406 e. The summed E-state index contributed by atoms with van der Waals surface area (Å²) in [5.41, 5.74) is 5.01. The first kappa shape index (κ1) is 15.7. The Labute approximate surface area is 144 Å². The number of halogens is 1. The number of hydrogen-bond donors (Lipinski definition) is 1. The standard InChI is InChI=1S/C20H27ClN2/c1-20(2)8-7-15(11-23-12-17-9-18(13-23)22-17)19(10-20)14-3-5-16(21)6-4-14/h3-6,17-18,22H,7-13H2,1-2H3. The van der Waals surface area contributed by atoms with Crippen molar-refractivity contribution in [2.75, 3.05) is 19.6 Å². The number of allylic oxidation sites excluding steroid dienone is 1. The van der Waals surface area contributed by atoms with Crippen molar-refractivity contribution in [1.82, 2.24) is 10.2 Å². The van der Waals surface area contributed by atoms with Crippen LogP contribution in [0.15, 0.2) is 29.8 Å². The Morgan fingerprint density at radius 3 is 2.48 bits per heavy atom. The molecule has 124 valence electrons. The van der Waals surface area contributed by atoms with E-state index in [9.17, 15) is 0 Å². The van der Waals surface area contributed by atoms with E-state index in [4.69, 9.17) is 11.6 Å². The molecule has 0 aromatic heterocycles. The van der Waals surface area contributed by atoms with Gasteiger partial charge < -0.3 is 5.32 Å². The molecule has 3 heterocycles. The van der Waals surface area contributed by atoms with Gasteiger partial charge in [-0.25, -0.2) is 0 Å². The van der Waals surface area contributed by atoms with E-state index in [0.29, 0.717) is 5.41 Å². The summed E-state index contributed by atoms with van der Waals surface area (Å²) in [6.45, 7) is 8.40. The third kappa shape index (κ3) is 3.35. The first-order valence-corrected chi connectivity index (χ1v) is 9.32. The smallest absolute Gasteiger partial charge is 0.0406 e. The second-order valence-corrected chi connectivity index (χ2v) is 8.86. The zero-order valence-electron chi connectivity index (χ0n) is 14.2. The summed E-state index contributed by atoms with van der Waals surface area (Å²) in [5, 5.41) is 4.46. The maximum absolute atomic E-state index is 6.09. The summed E-state index contributed by atoms with van der Waals surface area (Å²) in [5.74, 6) is 0. The number of benzene rings is 1. The van der Waals surface area contributed by atoms with Gasteiger partial charge in [0.15, 0.2) is 0 Å². The molecule has 2 unspecified atom stereocenters. The van der Waals surface area contributed by atoms with Gasteiger partial charge in [0.2, 0.25) is 0 Å². The Morgan fingerprint density at radius 2 is 1.83 bits per heavy atom. The first-order chi connectivity index (χ1) is 11.0. The topological polar surface area (TPSA) is 15.3 Å². The third-order valence-corrected chi connectivity index (χ3v) is 6.04. The Balaban J connectivity index is 1.60. The lowest BCUT2D eigenvalue weighted by Gasteiger charge is -2.49. The van der Waals surface area contributed by atoms with Gasteiger partial charge in [-0.2, -0.15) is 0 Å². The van der Waals surface area contributed by atoms with Gasteiger partial charge in [-0.1, -0.05) is 43.2 Å². The van der Waals surface area contributed by atoms with Crippen LogP contribution in [0.25, 0.3) is 5.57 Å². The Hall–Kier alpha value is -0.830. The molecule has 2 nitrogen and oxygen atoms in total. The highest BCUT2D eigenvalue weighted by molar-refractivity contribution is 6.30. The lowest BCUT2D eigenvalue weighted by Crippen LogP contribution is -2.66. The van der Waals surface area contributed by atoms with Crippen LogP contribution in [0.5, 0.6) is 0 Å². The molecule has 23 heavy (non-hydrogen) atoms. The van der Waals surface area contributed by atoms with Crippen molar-refractivity contribution < 1.29 is 0 Å². The van der Waals surface area contributed by atoms with Crippen molar-refractivity contribution >= 4 is 17.2 Å². The molecular formula is C20H27ClN2. The zero-order chi connectivity index (χ0) is 16.0. The van der Waals surface area contributed by atoms with Crippen LogP contribution in [0, 0.1) is 5.41 Å². The monoisotopic (exact) mass is 330 g/mol. The van der Waals surface area contributed by atoms with Crippen LogP contribution in [-0.2, 0) is 0 Å². The summed E-state index contributed by atoms with van der Waals surface area (Å²) >= 11 is 6.09. The van der Waals surface area contributed by atoms with Crippen LogP contribution < -0.4 is 5.32 Å². The molecule has 3 heteroatoms. The fourth-order valence-electron chi connectivity index (χ4n) is 4.47. The van der Waals surface area contributed by atoms with Crippen molar-refractivity contribution in [3.05, 3.63) is 40.4 Å². The molecule has 3 saturated heterocycles. The van der Waals surface area contributed by atoms with Crippen LogP contribution in [0.4, 0.5) is 0 Å². The lowest BCUT2D eigenvalue weighted by molar-refractivity contribution is 0.0839. The molecule has 3 fully saturated rings. The number of nitrogens with one attached hydrogen (secondary N) is 1. The molecule has 1 aromatic rings. The van der Waals surface area contributed by atoms with E-state index in [1.165, 1.54) is 44.3 Å². The normalized spacial score (nSPS) is 30.2. The lowest BCUT2D eigenvalue weighted by atomic mass is 9.72. The van der Waals surface area contributed by atoms with Crippen LogP contribution in [0.1, 0.15) is 45.1 Å². The molecule has 2 bridgehead atoms. The molecule has 1 N–H and O–H groups in total. The Morgan fingerprint density at radius 1 is 1.17 bits per heavy atom. The maximum atomic E-state index is 6.09. The molecule has 0 saturated carbocycles. The largest absolute Gasteiger partial charge is 0.309 e. The van der Waals surface area contributed by atoms with Gasteiger partial charge in [0.1, 0.15) is 0 Å². The second-order valence-electron chi connectivity index (χ2n) is 8.42. The predicted molar refractivity (Wildman–Crippen MR) is 97.8 cm³/mol. The average molecular weight is 331 g/mol. The summed E-state index contributed by atoms with van der Waals surface area (Å²) in [4.78, 5) is 2.67. The summed E-state index contributed by atoms with van der Waals surface area (Å²) in [6, 6.07) is 9.95. The van der Waals surface area contributed by atoms with Crippen molar-refractivity contribution in [3.8, 4) is 0 Å². The molecule has 5 rings (SSSR count). The fourth-order valence-corrected chi connectivity index (χ4v) is 4.59. The van der Waals surface area contributed by atoms with E-state index < -0.39 is 0 Å². The summed E-state index contributed by atoms with van der Waals surface area (Å²) < 4.78 is 0. The van der Waals surface area contributed by atoms with E-state index in [0.717, 1.165) is 23.7 Å². The average Bonchev–Trinajstić information content (AvgIpc) is 2.49. The molecule has 0 amide bonds. The molecule has 0 radical (unpaired) electrons. The number of nitrogens with zero attached hydrogens (tertiary/aromatic N) is 1. The van der Waals surface area contributed by atoms with Gasteiger partial charge >= 0.3 is 0 Å². The van der Waals surface area contributed by atoms with Crippen LogP contribution >= 0.6 is 11.6 Å². The minimum absolute atomic E-state index is 0.407. The highest BCUT2D eigenvalue weighted by Gasteiger charge is 2.37. The molecular weight excluding hydrogens is 304 g/mol. The van der Waals surface area contributed by atoms with Crippen LogP contribution in [0.3, 0.4) is 0 Å². The summed E-state index contributed by atoms with van der Waals surface area (Å²) in [7, 11) is 0. The number of piperidine rings is 1. The Bertz CT molecular complexity index is 601. The molecule has 2 atom stereocenters. The van der Waals surface area contributed by atoms with Crippen molar-refractivity contribution in [2.45, 2.75) is 51.6 Å². The number of piperazine rings is 1. The number of fused-ring (bicyclic) bond motifs is 2. The van der Waals surface area contributed by atoms with E-state index in [1.54, 1.807) is 11.1 Å². The van der Waals surface area contributed by atoms with Gasteiger partial charge in [0, 0.05) is 36.7 Å². The second kappa shape index (κ2) is 5.91. The Kier molecular flexibility index (Phi) is 4.03. The number of hydrogen-bond acceptors (Lipinski definition) is 2. The minimum Gasteiger partial charge on any atom is -0.309 e. The van der Waals surface area contributed by atoms with E-state index in [2.05, 4.69) is 36.2 Å². The van der Waals surface area contributed by atoms with E-state index in [1.807, 2.05) is 12.1 Å². The molecule has 1 aromatic carbocycles. The van der Waals surface area contributed by atoms with Gasteiger partial charge in [0.25, 0.3) is 0 Å². The van der Waals surface area contributed by atoms with E-state index >= 15 is 0 Å². The minimum atomic E-state index is 0.407. The zero-order valence-corrected chi connectivity index (χ0v) is 15.0. The fraction of sp³-hybridized carbons (Fsp3) is 0.600. The molecule has 0 spiro atoms.